The van der Waals surface area contributed by atoms with Gasteiger partial charge in [-0.25, -0.2) is 9.78 Å². The number of rotatable bonds is 4. The van der Waals surface area contributed by atoms with Crippen LogP contribution in [0.5, 0.6) is 0 Å². The number of thiazole rings is 1. The van der Waals surface area contributed by atoms with Gasteiger partial charge >= 0.3 is 13.1 Å². The molecule has 0 saturated carbocycles. The summed E-state index contributed by atoms with van der Waals surface area (Å²) in [6, 6.07) is 0. The van der Waals surface area contributed by atoms with Crippen LogP contribution in [0.3, 0.4) is 0 Å². The van der Waals surface area contributed by atoms with Gasteiger partial charge in [-0.3, -0.25) is 0 Å². The summed E-state index contributed by atoms with van der Waals surface area (Å²) in [7, 11) is -0.669. The molecule has 2 heterocycles. The Labute approximate surface area is 127 Å². The first-order valence-electron chi connectivity index (χ1n) is 6.52. The summed E-state index contributed by atoms with van der Waals surface area (Å²) < 4.78 is 11.7. The smallest absolute Gasteiger partial charge is 0.476 e. The van der Waals surface area contributed by atoms with E-state index in [1.807, 2.05) is 27.7 Å². The number of aliphatic hydroxyl groups excluding tert-OH is 1. The van der Waals surface area contributed by atoms with Gasteiger partial charge in [0, 0.05) is 5.38 Å². The maximum atomic E-state index is 10.8. The summed E-state index contributed by atoms with van der Waals surface area (Å²) in [5, 5.41) is 20.3. The Kier molecular flexibility index (Phi) is 4.25. The molecule has 2 N–H and O–H groups in total. The van der Waals surface area contributed by atoms with E-state index in [4.69, 9.17) is 14.4 Å². The SMILES string of the molecule is CC1(C)OB(C(=Cc2nc(C(=O)O)cs2)CO)OC1(C)C. The number of nitrogens with zero attached hydrogens (tertiary/aromatic N) is 1. The number of carbonyl (C=O) groups is 1. The number of hydrogen-bond acceptors (Lipinski definition) is 6. The number of aromatic nitrogens is 1. The van der Waals surface area contributed by atoms with Crippen LogP contribution in [0, 0.1) is 0 Å². The monoisotopic (exact) mass is 311 g/mol. The molecule has 6 nitrogen and oxygen atoms in total. The predicted octanol–water partition coefficient (Wildman–Crippen LogP) is 1.85. The summed E-state index contributed by atoms with van der Waals surface area (Å²) in [6.07, 6.45) is 1.61. The van der Waals surface area contributed by atoms with Crippen LogP contribution in [0.2, 0.25) is 0 Å². The van der Waals surface area contributed by atoms with E-state index in [-0.39, 0.29) is 12.3 Å². The van der Waals surface area contributed by atoms with Gasteiger partial charge in [0.15, 0.2) is 5.69 Å². The quantitative estimate of drug-likeness (QED) is 0.825. The molecule has 1 aromatic heterocycles. The molecule has 0 radical (unpaired) electrons. The highest BCUT2D eigenvalue weighted by molar-refractivity contribution is 7.10. The molecule has 0 unspecified atom stereocenters. The second-order valence-electron chi connectivity index (χ2n) is 5.84. The van der Waals surface area contributed by atoms with Crippen molar-refractivity contribution in [2.75, 3.05) is 6.61 Å². The fraction of sp³-hybridized carbons (Fsp3) is 0.538. The standard InChI is InChI=1S/C13H18BNO5S/c1-12(2)13(3,4)20-14(19-12)8(6-16)5-10-15-9(7-21-10)11(17)18/h5,7,16H,6H2,1-4H3,(H,17,18). The molecule has 2 rings (SSSR count). The third-order valence-electron chi connectivity index (χ3n) is 3.79. The van der Waals surface area contributed by atoms with E-state index in [9.17, 15) is 9.90 Å². The minimum Gasteiger partial charge on any atom is -0.476 e. The van der Waals surface area contributed by atoms with Crippen molar-refractivity contribution < 1.29 is 24.3 Å². The van der Waals surface area contributed by atoms with Crippen LogP contribution in [-0.4, -0.2) is 46.1 Å². The zero-order chi connectivity index (χ0) is 15.8. The Morgan fingerprint density at radius 1 is 1.38 bits per heavy atom. The lowest BCUT2D eigenvalue weighted by Crippen LogP contribution is -2.41. The fourth-order valence-corrected chi connectivity index (χ4v) is 2.55. The van der Waals surface area contributed by atoms with Crippen molar-refractivity contribution in [1.29, 1.82) is 0 Å². The van der Waals surface area contributed by atoms with Crippen molar-refractivity contribution >= 4 is 30.5 Å². The van der Waals surface area contributed by atoms with Crippen LogP contribution in [0.15, 0.2) is 10.9 Å². The van der Waals surface area contributed by atoms with Crippen LogP contribution >= 0.6 is 11.3 Å². The van der Waals surface area contributed by atoms with Gasteiger partial charge in [0.25, 0.3) is 0 Å². The molecule has 21 heavy (non-hydrogen) atoms. The minimum absolute atomic E-state index is 0.0162. The first kappa shape index (κ1) is 16.2. The zero-order valence-electron chi connectivity index (χ0n) is 12.4. The van der Waals surface area contributed by atoms with E-state index in [1.165, 1.54) is 16.7 Å². The number of hydrogen-bond donors (Lipinski definition) is 2. The average molecular weight is 311 g/mol. The van der Waals surface area contributed by atoms with Gasteiger partial charge in [0.1, 0.15) is 5.01 Å². The fourth-order valence-electron chi connectivity index (χ4n) is 1.79. The van der Waals surface area contributed by atoms with Gasteiger partial charge in [-0.1, -0.05) is 0 Å². The van der Waals surface area contributed by atoms with E-state index >= 15 is 0 Å². The van der Waals surface area contributed by atoms with Gasteiger partial charge in [-0.05, 0) is 39.2 Å². The summed E-state index contributed by atoms with van der Waals surface area (Å²) >= 11 is 1.19. The Bertz CT molecular complexity index is 565. The van der Waals surface area contributed by atoms with Crippen molar-refractivity contribution in [2.45, 2.75) is 38.9 Å². The van der Waals surface area contributed by atoms with Crippen LogP contribution < -0.4 is 0 Å². The highest BCUT2D eigenvalue weighted by Crippen LogP contribution is 2.38. The number of carboxylic acids is 1. The molecule has 0 atom stereocenters. The lowest BCUT2D eigenvalue weighted by atomic mass is 9.78. The average Bonchev–Trinajstić information content (AvgIpc) is 2.90. The molecule has 1 fully saturated rings. The highest BCUT2D eigenvalue weighted by Gasteiger charge is 2.52. The number of carboxylic acid groups (broad SMARTS) is 1. The maximum absolute atomic E-state index is 10.8. The van der Waals surface area contributed by atoms with Crippen molar-refractivity contribution in [3.05, 3.63) is 21.6 Å². The van der Waals surface area contributed by atoms with Gasteiger partial charge in [-0.2, -0.15) is 0 Å². The molecule has 0 amide bonds. The van der Waals surface area contributed by atoms with E-state index in [2.05, 4.69) is 4.98 Å². The number of aromatic carboxylic acids is 1. The normalized spacial score (nSPS) is 20.8. The maximum Gasteiger partial charge on any atom is 0.493 e. The molecule has 8 heteroatoms. The van der Waals surface area contributed by atoms with Crippen molar-refractivity contribution in [3.8, 4) is 0 Å². The Hall–Kier alpha value is -1.22. The second-order valence-corrected chi connectivity index (χ2v) is 6.73. The Balaban J connectivity index is 2.24. The van der Waals surface area contributed by atoms with Crippen LogP contribution in [0.25, 0.3) is 6.08 Å². The van der Waals surface area contributed by atoms with Crippen LogP contribution in [0.1, 0.15) is 43.2 Å². The van der Waals surface area contributed by atoms with Crippen molar-refractivity contribution in [1.82, 2.24) is 4.98 Å². The van der Waals surface area contributed by atoms with Crippen molar-refractivity contribution in [3.63, 3.8) is 0 Å². The Morgan fingerprint density at radius 2 is 1.95 bits per heavy atom. The van der Waals surface area contributed by atoms with E-state index in [0.29, 0.717) is 10.5 Å². The molecule has 0 aromatic carbocycles. The topological polar surface area (TPSA) is 88.9 Å². The van der Waals surface area contributed by atoms with Crippen LogP contribution in [0.4, 0.5) is 0 Å². The highest BCUT2D eigenvalue weighted by atomic mass is 32.1. The third-order valence-corrected chi connectivity index (χ3v) is 4.58. The summed E-state index contributed by atoms with van der Waals surface area (Å²) in [4.78, 5) is 14.8. The van der Waals surface area contributed by atoms with E-state index in [1.54, 1.807) is 6.08 Å². The van der Waals surface area contributed by atoms with E-state index in [0.717, 1.165) is 0 Å². The number of aliphatic hydroxyl groups is 1. The third kappa shape index (κ3) is 3.18. The predicted molar refractivity (Wildman–Crippen MR) is 80.2 cm³/mol. The molecule has 1 aliphatic heterocycles. The molecular formula is C13H18BNO5S. The summed E-state index contributed by atoms with van der Waals surface area (Å²) in [5.74, 6) is -1.08. The molecule has 1 aliphatic rings. The van der Waals surface area contributed by atoms with Gasteiger partial charge in [0.05, 0.1) is 17.8 Å². The first-order chi connectivity index (χ1) is 9.66. The summed E-state index contributed by atoms with van der Waals surface area (Å²) in [6.45, 7) is 7.45. The molecular weight excluding hydrogens is 293 g/mol. The largest absolute Gasteiger partial charge is 0.493 e. The molecule has 0 aliphatic carbocycles. The van der Waals surface area contributed by atoms with Crippen LogP contribution in [-0.2, 0) is 9.31 Å². The summed E-state index contributed by atoms with van der Waals surface area (Å²) in [5.41, 5.74) is -0.500. The molecule has 1 saturated heterocycles. The molecule has 0 spiro atoms. The zero-order valence-corrected chi connectivity index (χ0v) is 13.2. The first-order valence-corrected chi connectivity index (χ1v) is 7.40. The van der Waals surface area contributed by atoms with Gasteiger partial charge in [-0.15, -0.1) is 11.3 Å². The van der Waals surface area contributed by atoms with E-state index < -0.39 is 24.3 Å². The molecule has 0 bridgehead atoms. The van der Waals surface area contributed by atoms with Crippen molar-refractivity contribution in [2.24, 2.45) is 0 Å². The molecule has 1 aromatic rings. The Morgan fingerprint density at radius 3 is 2.38 bits per heavy atom. The van der Waals surface area contributed by atoms with Gasteiger partial charge < -0.3 is 19.5 Å². The lowest BCUT2D eigenvalue weighted by molar-refractivity contribution is 0.00578. The van der Waals surface area contributed by atoms with Gasteiger partial charge in [0.2, 0.25) is 0 Å². The lowest BCUT2D eigenvalue weighted by Gasteiger charge is -2.32. The molecule has 114 valence electrons. The second kappa shape index (κ2) is 5.53. The minimum atomic E-state index is -1.08.